The number of hydrogen-bond acceptors (Lipinski definition) is 4. The maximum absolute atomic E-state index is 14.3. The molecule has 0 saturated carbocycles. The van der Waals surface area contributed by atoms with Crippen molar-refractivity contribution in [1.82, 2.24) is 10.2 Å². The van der Waals surface area contributed by atoms with Crippen molar-refractivity contribution in [2.75, 3.05) is 17.1 Å². The molecule has 2 atom stereocenters. The second-order valence-corrected chi connectivity index (χ2v) is 12.7. The lowest BCUT2D eigenvalue weighted by Gasteiger charge is -2.34. The Kier molecular flexibility index (Phi) is 10.0. The van der Waals surface area contributed by atoms with Crippen molar-refractivity contribution in [1.29, 1.82) is 0 Å². The van der Waals surface area contributed by atoms with E-state index in [0.29, 0.717) is 5.69 Å². The highest BCUT2D eigenvalue weighted by atomic mass is 32.2. The van der Waals surface area contributed by atoms with Gasteiger partial charge in [-0.15, -0.1) is 0 Å². The summed E-state index contributed by atoms with van der Waals surface area (Å²) in [5, 5.41) is 4.64. The lowest BCUT2D eigenvalue weighted by Crippen LogP contribution is -2.54. The Labute approximate surface area is 249 Å². The van der Waals surface area contributed by atoms with Crippen LogP contribution in [0.4, 0.5) is 5.69 Å². The fourth-order valence-corrected chi connectivity index (χ4v) is 5.77. The molecule has 0 aliphatic carbocycles. The molecule has 4 aromatic carbocycles. The molecule has 0 fully saturated rings. The molecule has 0 aliphatic heterocycles. The molecule has 7 nitrogen and oxygen atoms in total. The van der Waals surface area contributed by atoms with Gasteiger partial charge in [0.1, 0.15) is 12.6 Å². The molecular formula is C34H39N3O4S. The highest BCUT2D eigenvalue weighted by Gasteiger charge is 2.33. The van der Waals surface area contributed by atoms with Gasteiger partial charge in [0.25, 0.3) is 0 Å². The molecule has 0 aromatic heterocycles. The van der Waals surface area contributed by atoms with Crippen LogP contribution in [-0.4, -0.2) is 50.0 Å². The number of anilines is 1. The number of rotatable bonds is 12. The summed E-state index contributed by atoms with van der Waals surface area (Å²) in [6, 6.07) is 29.3. The molecule has 0 spiro atoms. The van der Waals surface area contributed by atoms with E-state index in [2.05, 4.69) is 5.32 Å². The minimum absolute atomic E-state index is 0.0877. The Morgan fingerprint density at radius 1 is 0.833 bits per heavy atom. The van der Waals surface area contributed by atoms with Crippen molar-refractivity contribution < 1.29 is 18.0 Å². The second-order valence-electron chi connectivity index (χ2n) is 10.8. The highest BCUT2D eigenvalue weighted by Crippen LogP contribution is 2.29. The number of aryl methyl sites for hydroxylation is 1. The molecule has 1 N–H and O–H groups in total. The molecule has 0 radical (unpaired) electrons. The summed E-state index contributed by atoms with van der Waals surface area (Å²) < 4.78 is 27.5. The van der Waals surface area contributed by atoms with E-state index in [9.17, 15) is 18.0 Å². The first-order valence-electron chi connectivity index (χ1n) is 14.2. The molecule has 0 aliphatic rings. The normalized spacial score (nSPS) is 12.9. The van der Waals surface area contributed by atoms with Gasteiger partial charge >= 0.3 is 0 Å². The Morgan fingerprint density at radius 2 is 1.48 bits per heavy atom. The molecule has 0 saturated heterocycles. The fraction of sp³-hybridized carbons (Fsp3) is 0.294. The van der Waals surface area contributed by atoms with Gasteiger partial charge in [-0.05, 0) is 42.8 Å². The summed E-state index contributed by atoms with van der Waals surface area (Å²) in [6.45, 7) is 5.60. The number of sulfonamides is 1. The smallest absolute Gasteiger partial charge is 0.244 e. The van der Waals surface area contributed by atoms with E-state index in [1.165, 1.54) is 4.90 Å². The lowest BCUT2D eigenvalue weighted by molar-refractivity contribution is -0.140. The van der Waals surface area contributed by atoms with Gasteiger partial charge in [-0.25, -0.2) is 8.42 Å². The van der Waals surface area contributed by atoms with E-state index >= 15 is 0 Å². The summed E-state index contributed by atoms with van der Waals surface area (Å²) >= 11 is 0. The van der Waals surface area contributed by atoms with E-state index in [4.69, 9.17) is 0 Å². The van der Waals surface area contributed by atoms with Gasteiger partial charge in [0, 0.05) is 24.4 Å². The van der Waals surface area contributed by atoms with Gasteiger partial charge in [-0.3, -0.25) is 13.9 Å². The summed E-state index contributed by atoms with van der Waals surface area (Å²) in [6.07, 6.45) is 2.12. The van der Waals surface area contributed by atoms with Crippen molar-refractivity contribution in [2.45, 2.75) is 52.2 Å². The number of carbonyl (C=O) groups is 2. The van der Waals surface area contributed by atoms with Gasteiger partial charge in [0.05, 0.1) is 11.9 Å². The van der Waals surface area contributed by atoms with Crippen LogP contribution in [-0.2, 0) is 32.6 Å². The lowest BCUT2D eigenvalue weighted by atomic mass is 10.0. The third kappa shape index (κ3) is 7.76. The van der Waals surface area contributed by atoms with Crippen LogP contribution in [0.2, 0.25) is 0 Å². The van der Waals surface area contributed by atoms with E-state index in [0.717, 1.165) is 44.4 Å². The number of fused-ring (bicyclic) bond motifs is 1. The molecule has 0 bridgehead atoms. The number of hydrogen-bond donors (Lipinski definition) is 1. The molecule has 8 heteroatoms. The SMILES string of the molecule is CC[C@@H](C)NC(=O)[C@H](Cc1ccccc1)N(Cc1ccc(C)cc1)C(=O)CN(c1cccc2ccccc12)S(C)(=O)=O. The summed E-state index contributed by atoms with van der Waals surface area (Å²) in [4.78, 5) is 29.6. The molecule has 2 amide bonds. The number of benzene rings is 4. The molecule has 0 unspecified atom stereocenters. The van der Waals surface area contributed by atoms with Gasteiger partial charge < -0.3 is 10.2 Å². The summed E-state index contributed by atoms with van der Waals surface area (Å²) in [5.74, 6) is -0.737. The maximum Gasteiger partial charge on any atom is 0.244 e. The number of carbonyl (C=O) groups excluding carboxylic acids is 2. The maximum atomic E-state index is 14.3. The van der Waals surface area contributed by atoms with Gasteiger partial charge in [0.2, 0.25) is 21.8 Å². The van der Waals surface area contributed by atoms with E-state index in [-0.39, 0.29) is 24.9 Å². The van der Waals surface area contributed by atoms with Crippen LogP contribution in [0.5, 0.6) is 0 Å². The number of amides is 2. The molecular weight excluding hydrogens is 546 g/mol. The minimum atomic E-state index is -3.86. The van der Waals surface area contributed by atoms with Crippen molar-refractivity contribution >= 4 is 38.3 Å². The molecule has 4 aromatic rings. The quantitative estimate of drug-likeness (QED) is 0.239. The van der Waals surface area contributed by atoms with Crippen molar-refractivity contribution in [3.63, 3.8) is 0 Å². The van der Waals surface area contributed by atoms with Gasteiger partial charge in [-0.1, -0.05) is 103 Å². The van der Waals surface area contributed by atoms with Crippen LogP contribution in [0.3, 0.4) is 0 Å². The third-order valence-corrected chi connectivity index (χ3v) is 8.59. The Hall–Kier alpha value is -4.17. The zero-order valence-electron chi connectivity index (χ0n) is 24.7. The molecule has 0 heterocycles. The molecule has 220 valence electrons. The Morgan fingerprint density at radius 3 is 2.14 bits per heavy atom. The Balaban J connectivity index is 1.78. The average Bonchev–Trinajstić information content (AvgIpc) is 2.98. The first kappa shape index (κ1) is 30.8. The zero-order chi connectivity index (χ0) is 30.3. The van der Waals surface area contributed by atoms with Crippen molar-refractivity contribution in [3.8, 4) is 0 Å². The minimum Gasteiger partial charge on any atom is -0.352 e. The third-order valence-electron chi connectivity index (χ3n) is 7.46. The largest absolute Gasteiger partial charge is 0.352 e. The zero-order valence-corrected chi connectivity index (χ0v) is 25.5. The molecule has 42 heavy (non-hydrogen) atoms. The average molecular weight is 586 g/mol. The van der Waals surface area contributed by atoms with Crippen molar-refractivity contribution in [2.24, 2.45) is 0 Å². The van der Waals surface area contributed by atoms with Crippen LogP contribution in [0.25, 0.3) is 10.8 Å². The van der Waals surface area contributed by atoms with Crippen LogP contribution in [0.15, 0.2) is 97.1 Å². The van der Waals surface area contributed by atoms with E-state index in [1.54, 1.807) is 12.1 Å². The first-order chi connectivity index (χ1) is 20.1. The van der Waals surface area contributed by atoms with Crippen LogP contribution in [0, 0.1) is 6.92 Å². The van der Waals surface area contributed by atoms with E-state index in [1.807, 2.05) is 106 Å². The first-order valence-corrected chi connectivity index (χ1v) is 16.1. The monoisotopic (exact) mass is 585 g/mol. The second kappa shape index (κ2) is 13.7. The predicted molar refractivity (Wildman–Crippen MR) is 170 cm³/mol. The number of nitrogens with one attached hydrogen (secondary N) is 1. The van der Waals surface area contributed by atoms with Gasteiger partial charge in [-0.2, -0.15) is 0 Å². The van der Waals surface area contributed by atoms with Gasteiger partial charge in [0.15, 0.2) is 0 Å². The standard InChI is InChI=1S/C34H39N3O4S/c1-5-26(3)35-34(39)32(22-27-12-7-6-8-13-27)36(23-28-20-18-25(2)19-21-28)33(38)24-37(42(4,40)41)31-17-11-15-29-14-9-10-16-30(29)31/h6-21,26,32H,5,22-24H2,1-4H3,(H,35,39)/t26-,32+/m1/s1. The van der Waals surface area contributed by atoms with Crippen LogP contribution >= 0.6 is 0 Å². The Bertz CT molecular complexity index is 1620. The summed E-state index contributed by atoms with van der Waals surface area (Å²) in [7, 11) is -3.86. The van der Waals surface area contributed by atoms with Crippen LogP contribution in [0.1, 0.15) is 37.0 Å². The summed E-state index contributed by atoms with van der Waals surface area (Å²) in [5.41, 5.74) is 3.24. The number of nitrogens with zero attached hydrogens (tertiary/aromatic N) is 2. The van der Waals surface area contributed by atoms with Crippen molar-refractivity contribution in [3.05, 3.63) is 114 Å². The fourth-order valence-electron chi connectivity index (χ4n) is 4.91. The molecule has 4 rings (SSSR count). The van der Waals surface area contributed by atoms with E-state index < -0.39 is 28.5 Å². The highest BCUT2D eigenvalue weighted by molar-refractivity contribution is 7.92. The van der Waals surface area contributed by atoms with Crippen LogP contribution < -0.4 is 9.62 Å². The topological polar surface area (TPSA) is 86.8 Å². The predicted octanol–water partition coefficient (Wildman–Crippen LogP) is 5.47.